The molecular weight excluding hydrogens is 1050 g/mol. The van der Waals surface area contributed by atoms with Crippen LogP contribution in [0.2, 0.25) is 0 Å². The first-order valence-electron chi connectivity index (χ1n) is 30.5. The molecule has 87 heavy (non-hydrogen) atoms. The van der Waals surface area contributed by atoms with Crippen LogP contribution in [0.4, 0.5) is 34.1 Å². The summed E-state index contributed by atoms with van der Waals surface area (Å²) < 4.78 is 0. The molecule has 0 unspecified atom stereocenters. The third-order valence-electron chi connectivity index (χ3n) is 19.2. The number of nitrogens with zero attached hydrogens (tertiary/aromatic N) is 5. The van der Waals surface area contributed by atoms with Gasteiger partial charge in [0.1, 0.15) is 0 Å². The van der Waals surface area contributed by atoms with Gasteiger partial charge in [-0.15, -0.1) is 0 Å². The van der Waals surface area contributed by atoms with Crippen LogP contribution >= 0.6 is 0 Å². The highest BCUT2D eigenvalue weighted by molar-refractivity contribution is 7.01. The van der Waals surface area contributed by atoms with Crippen LogP contribution in [0.5, 0.6) is 0 Å². The zero-order chi connectivity index (χ0) is 58.2. The van der Waals surface area contributed by atoms with E-state index in [0.29, 0.717) is 17.5 Å². The third-order valence-corrected chi connectivity index (χ3v) is 19.2. The number of fused-ring (bicyclic) bond motifs is 10. The van der Waals surface area contributed by atoms with Crippen LogP contribution < -0.4 is 26.2 Å². The summed E-state index contributed by atoms with van der Waals surface area (Å²) in [5, 5.41) is 20.2. The summed E-state index contributed by atoms with van der Waals surface area (Å²) in [6, 6.07) is 91.0. The molecule has 0 saturated carbocycles. The van der Waals surface area contributed by atoms with Gasteiger partial charge in [-0.2, -0.15) is 0 Å². The Morgan fingerprint density at radius 3 is 1.01 bits per heavy atom. The molecule has 6 heteroatoms. The van der Waals surface area contributed by atoms with E-state index in [-0.39, 0.29) is 17.5 Å². The summed E-state index contributed by atoms with van der Waals surface area (Å²) in [4.78, 5) is 21.5. The number of rotatable bonds is 5. The molecule has 0 fully saturated rings. The van der Waals surface area contributed by atoms with E-state index in [2.05, 4.69) is 282 Å². The van der Waals surface area contributed by atoms with Crippen molar-refractivity contribution in [3.63, 3.8) is 0 Å². The monoisotopic (exact) mass is 1110 g/mol. The molecule has 0 N–H and O–H groups in total. The Morgan fingerprint density at radius 2 is 0.632 bits per heavy atom. The zero-order valence-electron chi connectivity index (χ0n) is 49.4. The van der Waals surface area contributed by atoms with Crippen LogP contribution in [-0.4, -0.2) is 21.7 Å². The zero-order valence-corrected chi connectivity index (χ0v) is 49.4. The smallest absolute Gasteiger partial charge is 0.252 e. The van der Waals surface area contributed by atoms with E-state index >= 15 is 0 Å². The maximum absolute atomic E-state index is 5.53. The molecule has 0 saturated heterocycles. The Kier molecular flexibility index (Phi) is 10.4. The summed E-state index contributed by atoms with van der Waals surface area (Å²) in [5.74, 6) is 1.84. The van der Waals surface area contributed by atoms with Gasteiger partial charge in [-0.3, -0.25) is 0 Å². The molecule has 0 bridgehead atoms. The lowest BCUT2D eigenvalue weighted by Crippen LogP contribution is -2.61. The molecule has 15 aromatic carbocycles. The topological polar surface area (TPSA) is 45.2 Å². The highest BCUT2D eigenvalue weighted by atomic mass is 15.2. The molecule has 16 aromatic rings. The molecule has 1 aromatic heterocycles. The number of hydrogen-bond donors (Lipinski definition) is 0. The van der Waals surface area contributed by atoms with Gasteiger partial charge in [0.2, 0.25) is 0 Å². The standard InChI is InChI=1S/C81H58BN5/c1-80(2,3)52-35-39-54(40-36-52)86-68-43-51(79-84-77(49-19-9-7-10-20-49)83-78(85-79)50-21-11-8-12-22-50)44-69-74(68)82(66-45-64-60-29-15-25-47-23-13-27-56(70(47)60)58-31-17-33-62(72(58)64)75(66)86)67-46-65-61-30-16-26-48-24-14-28-57(71(48)61)59-32-18-34-63(73(59)65)76(67)87(69)55-41-37-53(38-42-55)81(4,5)6/h7-46H,1-6H3. The molecular formula is C81H58BN5. The lowest BCUT2D eigenvalue weighted by Gasteiger charge is -2.45. The summed E-state index contributed by atoms with van der Waals surface area (Å²) in [7, 11) is 0. The predicted octanol–water partition coefficient (Wildman–Crippen LogP) is 19.7. The Hall–Kier alpha value is -10.4. The maximum Gasteiger partial charge on any atom is 0.252 e. The van der Waals surface area contributed by atoms with Crippen LogP contribution in [-0.2, 0) is 10.8 Å². The molecule has 0 aliphatic carbocycles. The van der Waals surface area contributed by atoms with Crippen molar-refractivity contribution >= 4 is 143 Å². The molecule has 18 rings (SSSR count). The first kappa shape index (κ1) is 49.9. The van der Waals surface area contributed by atoms with E-state index < -0.39 is 0 Å². The van der Waals surface area contributed by atoms with Gasteiger partial charge in [0.15, 0.2) is 17.5 Å². The fraction of sp³-hybridized carbons (Fsp3) is 0.0988. The Labute approximate surface area is 505 Å². The minimum Gasteiger partial charge on any atom is -0.311 e. The lowest BCUT2D eigenvalue weighted by molar-refractivity contribution is 0.590. The second-order valence-corrected chi connectivity index (χ2v) is 26.3. The minimum atomic E-state index is -0.233. The summed E-state index contributed by atoms with van der Waals surface area (Å²) in [6.45, 7) is 13.6. The highest BCUT2D eigenvalue weighted by Crippen LogP contribution is 2.53. The van der Waals surface area contributed by atoms with E-state index in [9.17, 15) is 0 Å². The quantitative estimate of drug-likeness (QED) is 0.0976. The van der Waals surface area contributed by atoms with E-state index in [1.165, 1.54) is 125 Å². The maximum atomic E-state index is 5.53. The fourth-order valence-electron chi connectivity index (χ4n) is 15.2. The van der Waals surface area contributed by atoms with Gasteiger partial charge in [0.25, 0.3) is 6.71 Å². The summed E-state index contributed by atoms with van der Waals surface area (Å²) in [5.41, 5.74) is 15.7. The highest BCUT2D eigenvalue weighted by Gasteiger charge is 2.46. The second-order valence-electron chi connectivity index (χ2n) is 26.3. The van der Waals surface area contributed by atoms with E-state index in [1.807, 2.05) is 12.1 Å². The van der Waals surface area contributed by atoms with Gasteiger partial charge in [-0.25, -0.2) is 15.0 Å². The van der Waals surface area contributed by atoms with Gasteiger partial charge >= 0.3 is 0 Å². The van der Waals surface area contributed by atoms with Gasteiger partial charge in [0.05, 0.1) is 0 Å². The third kappa shape index (κ3) is 7.25. The van der Waals surface area contributed by atoms with Gasteiger partial charge in [-0.05, 0) is 150 Å². The molecule has 3 heterocycles. The number of aromatic nitrogens is 3. The summed E-state index contributed by atoms with van der Waals surface area (Å²) >= 11 is 0. The number of hydrogen-bond acceptors (Lipinski definition) is 5. The lowest BCUT2D eigenvalue weighted by atomic mass is 9.33. The normalized spacial score (nSPS) is 13.3. The van der Waals surface area contributed by atoms with Crippen molar-refractivity contribution in [1.82, 2.24) is 15.0 Å². The first-order valence-corrected chi connectivity index (χ1v) is 30.5. The Morgan fingerprint density at radius 1 is 0.299 bits per heavy atom. The number of benzene rings is 15. The van der Waals surface area contributed by atoms with Crippen LogP contribution in [0.25, 0.3) is 120 Å². The summed E-state index contributed by atoms with van der Waals surface area (Å²) in [6.07, 6.45) is 0. The van der Waals surface area contributed by atoms with Crippen molar-refractivity contribution in [2.45, 2.75) is 52.4 Å². The molecule has 0 spiro atoms. The van der Waals surface area contributed by atoms with E-state index in [4.69, 9.17) is 15.0 Å². The van der Waals surface area contributed by atoms with E-state index in [0.717, 1.165) is 39.4 Å². The van der Waals surface area contributed by atoms with Crippen LogP contribution in [0, 0.1) is 0 Å². The van der Waals surface area contributed by atoms with Crippen molar-refractivity contribution in [3.8, 4) is 34.2 Å². The first-order chi connectivity index (χ1) is 42.4. The average molecular weight is 1110 g/mol. The molecule has 0 atom stereocenters. The minimum absolute atomic E-state index is 0.0590. The van der Waals surface area contributed by atoms with Crippen LogP contribution in [0.3, 0.4) is 0 Å². The molecule has 2 aliphatic rings. The molecule has 2 aliphatic heterocycles. The number of anilines is 6. The Bertz CT molecular complexity index is 5180. The van der Waals surface area contributed by atoms with Crippen molar-refractivity contribution in [2.24, 2.45) is 0 Å². The predicted molar refractivity (Wildman–Crippen MR) is 370 cm³/mol. The van der Waals surface area contributed by atoms with E-state index in [1.54, 1.807) is 0 Å². The molecule has 5 nitrogen and oxygen atoms in total. The van der Waals surface area contributed by atoms with Gasteiger partial charge < -0.3 is 9.80 Å². The van der Waals surface area contributed by atoms with Crippen molar-refractivity contribution in [2.75, 3.05) is 9.80 Å². The van der Waals surface area contributed by atoms with Crippen LogP contribution in [0.1, 0.15) is 52.7 Å². The van der Waals surface area contributed by atoms with Crippen LogP contribution in [0.15, 0.2) is 243 Å². The molecule has 0 radical (unpaired) electrons. The average Bonchev–Trinajstić information content (AvgIpc) is 0.687. The van der Waals surface area contributed by atoms with Crippen molar-refractivity contribution in [1.29, 1.82) is 0 Å². The van der Waals surface area contributed by atoms with Crippen molar-refractivity contribution < 1.29 is 0 Å². The molecule has 410 valence electrons. The fourth-order valence-corrected chi connectivity index (χ4v) is 15.2. The Balaban J connectivity index is 1.05. The van der Waals surface area contributed by atoms with Gasteiger partial charge in [-0.1, -0.05) is 248 Å². The van der Waals surface area contributed by atoms with Gasteiger partial charge in [0, 0.05) is 61.6 Å². The SMILES string of the molecule is CC(C)(C)c1ccc(N2c3cc(-c4nc(-c5ccccc5)nc(-c5ccccc5)n4)cc4c3B(c3cc5c6cccc7cccc(c8cccc(c32)c85)c76)c2cc3c5cccc6cccc(c7cccc(c2N4c2ccc(C(C)(C)C)cc2)c73)c65)cc1. The van der Waals surface area contributed by atoms with Crippen molar-refractivity contribution in [3.05, 3.63) is 254 Å². The second kappa shape index (κ2) is 18.1. The molecule has 0 amide bonds. The largest absolute Gasteiger partial charge is 0.311 e.